The van der Waals surface area contributed by atoms with Crippen LogP contribution in [0.3, 0.4) is 0 Å². The minimum Gasteiger partial charge on any atom is -0.547 e. The van der Waals surface area contributed by atoms with Gasteiger partial charge in [-0.05, 0) is 30.3 Å². The number of carbonyl (C=O) groups is 1. The molecule has 188 valence electrons. The Kier molecular flexibility index (Phi) is 6.37. The number of nitrogens with zero attached hydrogens (tertiary/aromatic N) is 3. The Morgan fingerprint density at radius 2 is 1.92 bits per heavy atom. The number of hydrogen-bond acceptors (Lipinski definition) is 8. The number of rotatable bonds is 4. The van der Waals surface area contributed by atoms with E-state index < -0.39 is 49.0 Å². The molecule has 2 aliphatic heterocycles. The molecular weight excluding hydrogens is 497 g/mol. The van der Waals surface area contributed by atoms with Crippen molar-refractivity contribution in [3.8, 4) is 5.69 Å². The van der Waals surface area contributed by atoms with E-state index in [1.54, 1.807) is 41.0 Å². The lowest BCUT2D eigenvalue weighted by atomic mass is 9.98. The van der Waals surface area contributed by atoms with E-state index in [2.05, 4.69) is 4.99 Å². The molecule has 0 radical (unpaired) electrons. The van der Waals surface area contributed by atoms with Crippen molar-refractivity contribution in [3.05, 3.63) is 82.1 Å². The minimum atomic E-state index is -1.93. The number of ether oxygens (including phenoxy) is 1. The van der Waals surface area contributed by atoms with Gasteiger partial charge < -0.3 is 35.1 Å². The number of carboxylic acids is 1. The van der Waals surface area contributed by atoms with Crippen molar-refractivity contribution in [2.45, 2.75) is 43.8 Å². The number of carbonyl (C=O) groups excluding carboxylic acids is 1. The average Bonchev–Trinajstić information content (AvgIpc) is 3.14. The summed E-state index contributed by atoms with van der Waals surface area (Å²) >= 11 is 6.27. The van der Waals surface area contributed by atoms with Crippen molar-refractivity contribution >= 4 is 23.3 Å². The maximum atomic E-state index is 14.7. The van der Waals surface area contributed by atoms with Crippen LogP contribution < -0.4 is 9.67 Å². The van der Waals surface area contributed by atoms with Crippen molar-refractivity contribution < 1.29 is 44.0 Å². The van der Waals surface area contributed by atoms with E-state index in [0.29, 0.717) is 27.7 Å². The largest absolute Gasteiger partial charge is 0.547 e. The summed E-state index contributed by atoms with van der Waals surface area (Å²) in [6, 6.07) is 11.0. The first kappa shape index (κ1) is 24.5. The Balaban J connectivity index is 1.68. The van der Waals surface area contributed by atoms with Gasteiger partial charge in [-0.25, -0.2) is 8.96 Å². The van der Waals surface area contributed by atoms with Gasteiger partial charge in [0.1, 0.15) is 55.3 Å². The monoisotopic (exact) mass is 517 g/mol. The molecule has 1 saturated heterocycles. The van der Waals surface area contributed by atoms with Crippen LogP contribution in [0.1, 0.15) is 28.9 Å². The summed E-state index contributed by atoms with van der Waals surface area (Å²) in [4.78, 5) is 16.1. The number of aliphatic hydroxyl groups is 4. The van der Waals surface area contributed by atoms with Crippen molar-refractivity contribution in [1.29, 1.82) is 0 Å². The third-order valence-corrected chi connectivity index (χ3v) is 6.59. The zero-order chi connectivity index (χ0) is 25.7. The SMILES string of the molecule is O=C([O-])[C@H]1O[C@@H]([n+]2cc3n(c2CO)-c2ccc(Cl)cc2C(c2ccccc2F)=NC3)[C@H](O)[C@@H](O)[C@@H]1O. The van der Waals surface area contributed by atoms with Gasteiger partial charge in [0.15, 0.2) is 5.69 Å². The van der Waals surface area contributed by atoms with Crippen molar-refractivity contribution in [2.24, 2.45) is 4.99 Å². The second-order valence-electron chi connectivity index (χ2n) is 8.48. The molecule has 0 bridgehead atoms. The van der Waals surface area contributed by atoms with E-state index in [0.717, 1.165) is 0 Å². The lowest BCUT2D eigenvalue weighted by molar-refractivity contribution is -0.783. The molecule has 3 aromatic rings. The fourth-order valence-electron chi connectivity index (χ4n) is 4.66. The number of halogens is 2. The highest BCUT2D eigenvalue weighted by molar-refractivity contribution is 6.31. The van der Waals surface area contributed by atoms with Crippen LogP contribution in [0.2, 0.25) is 5.02 Å². The van der Waals surface area contributed by atoms with Crippen LogP contribution in [0.15, 0.2) is 53.7 Å². The van der Waals surface area contributed by atoms with Gasteiger partial charge in [-0.15, -0.1) is 0 Å². The van der Waals surface area contributed by atoms with Gasteiger partial charge >= 0.3 is 0 Å². The third kappa shape index (κ3) is 3.90. The molecule has 1 fully saturated rings. The summed E-state index contributed by atoms with van der Waals surface area (Å²) in [7, 11) is 0. The smallest absolute Gasteiger partial charge is 0.290 e. The zero-order valence-corrected chi connectivity index (χ0v) is 19.3. The fourth-order valence-corrected chi connectivity index (χ4v) is 4.83. The summed E-state index contributed by atoms with van der Waals surface area (Å²) in [6.45, 7) is -0.591. The highest BCUT2D eigenvalue weighted by Crippen LogP contribution is 2.31. The molecule has 1 aromatic heterocycles. The van der Waals surface area contributed by atoms with Crippen LogP contribution in [0.25, 0.3) is 5.69 Å². The van der Waals surface area contributed by atoms with E-state index in [9.17, 15) is 34.7 Å². The number of aliphatic carboxylic acids is 1. The second-order valence-corrected chi connectivity index (χ2v) is 8.92. The van der Waals surface area contributed by atoms with E-state index in [-0.39, 0.29) is 17.9 Å². The number of aromatic nitrogens is 2. The average molecular weight is 518 g/mol. The molecule has 0 saturated carbocycles. The molecule has 12 heteroatoms. The number of hydrogen-bond donors (Lipinski definition) is 4. The lowest BCUT2D eigenvalue weighted by Gasteiger charge is -2.39. The van der Waals surface area contributed by atoms with Crippen LogP contribution in [0, 0.1) is 5.82 Å². The van der Waals surface area contributed by atoms with Gasteiger partial charge in [-0.1, -0.05) is 23.7 Å². The summed E-state index contributed by atoms with van der Waals surface area (Å²) < 4.78 is 23.0. The molecule has 3 heterocycles. The maximum absolute atomic E-state index is 14.7. The van der Waals surface area contributed by atoms with E-state index in [1.807, 2.05) is 0 Å². The quantitative estimate of drug-likeness (QED) is 0.328. The summed E-state index contributed by atoms with van der Waals surface area (Å²) in [5.74, 6) is -2.11. The van der Waals surface area contributed by atoms with Crippen LogP contribution in [0.5, 0.6) is 0 Å². The predicted octanol–water partition coefficient (Wildman–Crippen LogP) is -0.869. The summed E-state index contributed by atoms with van der Waals surface area (Å²) in [5.41, 5.74) is 2.03. The Hall–Kier alpha value is -3.19. The Bertz CT molecular complexity index is 1380. The number of aliphatic imine (C=N–C) groups is 1. The summed E-state index contributed by atoms with van der Waals surface area (Å²) in [5, 5.41) is 53.0. The van der Waals surface area contributed by atoms with Gasteiger partial charge in [0.2, 0.25) is 6.23 Å². The first-order valence-electron chi connectivity index (χ1n) is 11.0. The molecule has 2 aliphatic rings. The van der Waals surface area contributed by atoms with Gasteiger partial charge in [-0.3, -0.25) is 4.99 Å². The first-order valence-corrected chi connectivity index (χ1v) is 11.4. The number of carboxylic acid groups (broad SMARTS) is 1. The van der Waals surface area contributed by atoms with Gasteiger partial charge in [0.25, 0.3) is 5.82 Å². The van der Waals surface area contributed by atoms with Gasteiger partial charge in [-0.2, -0.15) is 4.57 Å². The van der Waals surface area contributed by atoms with Crippen LogP contribution in [-0.4, -0.2) is 61.1 Å². The molecule has 0 unspecified atom stereocenters. The normalized spacial score (nSPS) is 25.5. The van der Waals surface area contributed by atoms with Crippen LogP contribution in [0.4, 0.5) is 4.39 Å². The topological polar surface area (TPSA) is 151 Å². The van der Waals surface area contributed by atoms with E-state index in [4.69, 9.17) is 16.3 Å². The van der Waals surface area contributed by atoms with Crippen molar-refractivity contribution in [3.63, 3.8) is 0 Å². The number of imidazole rings is 1. The highest BCUT2D eigenvalue weighted by Gasteiger charge is 2.49. The highest BCUT2D eigenvalue weighted by atomic mass is 35.5. The third-order valence-electron chi connectivity index (χ3n) is 6.35. The number of fused-ring (bicyclic) bond motifs is 3. The molecule has 0 amide bonds. The Morgan fingerprint density at radius 3 is 2.61 bits per heavy atom. The Labute approximate surface area is 208 Å². The molecule has 4 N–H and O–H groups in total. The molecule has 2 aromatic carbocycles. The van der Waals surface area contributed by atoms with E-state index >= 15 is 0 Å². The molecule has 5 atom stereocenters. The van der Waals surface area contributed by atoms with E-state index in [1.165, 1.54) is 16.8 Å². The molecular formula is C24H21ClFN3O7. The fraction of sp³-hybridized carbons (Fsp3) is 0.292. The summed E-state index contributed by atoms with van der Waals surface area (Å²) in [6.07, 6.45) is -7.46. The number of aliphatic hydroxyl groups excluding tert-OH is 4. The maximum Gasteiger partial charge on any atom is 0.290 e. The van der Waals surface area contributed by atoms with Gasteiger partial charge in [0, 0.05) is 16.1 Å². The first-order chi connectivity index (χ1) is 17.2. The molecule has 36 heavy (non-hydrogen) atoms. The predicted molar refractivity (Wildman–Crippen MR) is 120 cm³/mol. The molecule has 5 rings (SSSR count). The van der Waals surface area contributed by atoms with Crippen molar-refractivity contribution in [1.82, 2.24) is 4.57 Å². The zero-order valence-electron chi connectivity index (χ0n) is 18.5. The van der Waals surface area contributed by atoms with Gasteiger partial charge in [0.05, 0.1) is 11.7 Å². The Morgan fingerprint density at radius 1 is 1.17 bits per heavy atom. The molecule has 0 aliphatic carbocycles. The van der Waals surface area contributed by atoms with Crippen molar-refractivity contribution in [2.75, 3.05) is 0 Å². The molecule has 0 spiro atoms. The second kappa shape index (κ2) is 9.36. The minimum absolute atomic E-state index is 0.00781. The van der Waals surface area contributed by atoms with Crippen LogP contribution in [-0.2, 0) is 22.7 Å². The molecule has 10 nitrogen and oxygen atoms in total. The van der Waals surface area contributed by atoms with Crippen LogP contribution >= 0.6 is 11.6 Å². The standard InChI is InChI=1S/C24H21ClFN3O7/c25-11-5-6-16-14(7-11)18(13-3-1-2-4-15(13)26)27-8-12-9-28(17(10-30)29(12)16)23-21(33)19(31)20(32)22(36-23)24(34)35/h1-7,9,19-23,30-33H,8,10H2/t19-,20-,21+,22-,23+/m0/s1. The lowest BCUT2D eigenvalue weighted by Crippen LogP contribution is -2.65. The number of benzene rings is 2.